The Bertz CT molecular complexity index is 933. The van der Waals surface area contributed by atoms with Gasteiger partial charge in [-0.3, -0.25) is 14.5 Å². The number of nitrogens with zero attached hydrogens (tertiary/aromatic N) is 2. The third kappa shape index (κ3) is 6.97. The minimum absolute atomic E-state index is 0.107. The summed E-state index contributed by atoms with van der Waals surface area (Å²) < 4.78 is 38.8. The Labute approximate surface area is 195 Å². The van der Waals surface area contributed by atoms with E-state index in [2.05, 4.69) is 15.5 Å². The highest BCUT2D eigenvalue weighted by Crippen LogP contribution is 2.25. The molecule has 2 saturated heterocycles. The van der Waals surface area contributed by atoms with Gasteiger partial charge in [-0.2, -0.15) is 4.31 Å². The molecular formula is C22H34N4O6S. The van der Waals surface area contributed by atoms with Crippen molar-refractivity contribution in [2.45, 2.75) is 37.8 Å². The summed E-state index contributed by atoms with van der Waals surface area (Å²) in [6.45, 7) is 8.53. The van der Waals surface area contributed by atoms with Crippen LogP contribution in [0, 0.1) is 13.8 Å². The summed E-state index contributed by atoms with van der Waals surface area (Å²) in [7, 11) is -3.82. The van der Waals surface area contributed by atoms with Crippen LogP contribution >= 0.6 is 0 Å². The Balaban J connectivity index is 1.50. The molecule has 33 heavy (non-hydrogen) atoms. The maximum Gasteiger partial charge on any atom is 0.309 e. The first kappa shape index (κ1) is 25.6. The van der Waals surface area contributed by atoms with Crippen molar-refractivity contribution < 1.29 is 27.5 Å². The lowest BCUT2D eigenvalue weighted by molar-refractivity contribution is -0.140. The molecule has 0 saturated carbocycles. The van der Waals surface area contributed by atoms with Crippen LogP contribution in [-0.4, -0.2) is 94.8 Å². The van der Waals surface area contributed by atoms with E-state index in [1.54, 1.807) is 19.1 Å². The Morgan fingerprint density at radius 2 is 1.79 bits per heavy atom. The lowest BCUT2D eigenvalue weighted by atomic mass is 10.2. The zero-order valence-electron chi connectivity index (χ0n) is 19.3. The molecule has 0 spiro atoms. The molecule has 2 aliphatic heterocycles. The van der Waals surface area contributed by atoms with E-state index in [-0.39, 0.29) is 18.0 Å². The first-order chi connectivity index (χ1) is 15.8. The molecule has 2 amide bonds. The van der Waals surface area contributed by atoms with Gasteiger partial charge in [0.05, 0.1) is 31.3 Å². The number of sulfonamides is 1. The zero-order valence-corrected chi connectivity index (χ0v) is 20.2. The van der Waals surface area contributed by atoms with Crippen LogP contribution in [0.1, 0.15) is 24.0 Å². The maximum absolute atomic E-state index is 13.3. The van der Waals surface area contributed by atoms with Crippen LogP contribution in [0.3, 0.4) is 0 Å². The Morgan fingerprint density at radius 1 is 1.06 bits per heavy atom. The normalized spacial score (nSPS) is 20.4. The van der Waals surface area contributed by atoms with Crippen molar-refractivity contribution in [1.82, 2.24) is 19.8 Å². The quantitative estimate of drug-likeness (QED) is 0.396. The maximum atomic E-state index is 13.3. The second-order valence-corrected chi connectivity index (χ2v) is 10.2. The van der Waals surface area contributed by atoms with E-state index in [1.807, 2.05) is 13.0 Å². The van der Waals surface area contributed by atoms with Crippen LogP contribution in [0.4, 0.5) is 0 Å². The summed E-state index contributed by atoms with van der Waals surface area (Å²) >= 11 is 0. The second kappa shape index (κ2) is 11.9. The first-order valence-corrected chi connectivity index (χ1v) is 12.8. The molecule has 0 aromatic heterocycles. The molecule has 0 bridgehead atoms. The standard InChI is InChI=1S/C22H34N4O6S/c1-17-5-6-18(2)19(15-17)33(29,30)26-9-4-12-32-20(26)16-24-22(28)21(27)23-7-3-8-25-10-13-31-14-11-25/h5-6,15,20H,3-4,7-14,16H2,1-2H3,(H,23,27)(H,24,28)/t20-/m0/s1. The summed E-state index contributed by atoms with van der Waals surface area (Å²) in [5, 5.41) is 5.12. The monoisotopic (exact) mass is 482 g/mol. The molecule has 1 aromatic carbocycles. The van der Waals surface area contributed by atoms with Crippen LogP contribution in [0.5, 0.6) is 0 Å². The van der Waals surface area contributed by atoms with Gasteiger partial charge in [0.2, 0.25) is 10.0 Å². The molecule has 1 atom stereocenters. The first-order valence-electron chi connectivity index (χ1n) is 11.4. The van der Waals surface area contributed by atoms with Gasteiger partial charge < -0.3 is 20.1 Å². The van der Waals surface area contributed by atoms with Gasteiger partial charge in [-0.25, -0.2) is 8.42 Å². The van der Waals surface area contributed by atoms with Crippen molar-refractivity contribution >= 4 is 21.8 Å². The number of carbonyl (C=O) groups is 2. The second-order valence-electron chi connectivity index (χ2n) is 8.34. The van der Waals surface area contributed by atoms with Gasteiger partial charge >= 0.3 is 11.8 Å². The number of carbonyl (C=O) groups excluding carboxylic acids is 2. The molecule has 0 aliphatic carbocycles. The molecule has 2 fully saturated rings. The van der Waals surface area contributed by atoms with E-state index in [9.17, 15) is 18.0 Å². The van der Waals surface area contributed by atoms with E-state index >= 15 is 0 Å². The van der Waals surface area contributed by atoms with Crippen LogP contribution in [-0.2, 0) is 29.1 Å². The number of aryl methyl sites for hydroxylation is 2. The van der Waals surface area contributed by atoms with Gasteiger partial charge in [0.15, 0.2) is 0 Å². The van der Waals surface area contributed by atoms with Crippen molar-refractivity contribution in [2.75, 3.05) is 59.1 Å². The number of amides is 2. The number of nitrogens with one attached hydrogen (secondary N) is 2. The molecule has 2 aliphatic rings. The summed E-state index contributed by atoms with van der Waals surface area (Å²) in [5.41, 5.74) is 1.48. The van der Waals surface area contributed by atoms with E-state index < -0.39 is 28.1 Å². The smallest absolute Gasteiger partial charge is 0.309 e. The lowest BCUT2D eigenvalue weighted by Gasteiger charge is -2.35. The third-order valence-electron chi connectivity index (χ3n) is 5.77. The summed E-state index contributed by atoms with van der Waals surface area (Å²) in [4.78, 5) is 26.8. The minimum atomic E-state index is -3.82. The van der Waals surface area contributed by atoms with Gasteiger partial charge in [0, 0.05) is 26.2 Å². The lowest BCUT2D eigenvalue weighted by Crippen LogP contribution is -2.53. The van der Waals surface area contributed by atoms with Crippen LogP contribution in [0.25, 0.3) is 0 Å². The van der Waals surface area contributed by atoms with Crippen LogP contribution in [0.2, 0.25) is 0 Å². The van der Waals surface area contributed by atoms with Gasteiger partial charge in [-0.15, -0.1) is 0 Å². The molecule has 3 rings (SSSR count). The van der Waals surface area contributed by atoms with Gasteiger partial charge in [0.25, 0.3) is 0 Å². The highest BCUT2D eigenvalue weighted by molar-refractivity contribution is 7.89. The highest BCUT2D eigenvalue weighted by Gasteiger charge is 2.35. The van der Waals surface area contributed by atoms with E-state index in [1.165, 1.54) is 4.31 Å². The summed E-state index contributed by atoms with van der Waals surface area (Å²) in [6.07, 6.45) is 0.409. The molecule has 2 N–H and O–H groups in total. The molecule has 10 nitrogen and oxygen atoms in total. The van der Waals surface area contributed by atoms with Gasteiger partial charge in [-0.1, -0.05) is 12.1 Å². The van der Waals surface area contributed by atoms with Crippen LogP contribution in [0.15, 0.2) is 23.1 Å². The SMILES string of the molecule is Cc1ccc(C)c(S(=O)(=O)N2CCCO[C@H]2CNC(=O)C(=O)NCCCN2CCOCC2)c1. The molecule has 1 aromatic rings. The number of hydrogen-bond donors (Lipinski definition) is 2. The number of rotatable bonds is 8. The Morgan fingerprint density at radius 3 is 2.55 bits per heavy atom. The fourth-order valence-electron chi connectivity index (χ4n) is 3.88. The Kier molecular flexibility index (Phi) is 9.21. The summed E-state index contributed by atoms with van der Waals surface area (Å²) in [6, 6.07) is 5.27. The third-order valence-corrected chi connectivity index (χ3v) is 7.80. The minimum Gasteiger partial charge on any atom is -0.379 e. The van der Waals surface area contributed by atoms with Crippen molar-refractivity contribution in [3.8, 4) is 0 Å². The largest absolute Gasteiger partial charge is 0.379 e. The zero-order chi connectivity index (χ0) is 23.8. The van der Waals surface area contributed by atoms with Crippen molar-refractivity contribution in [3.63, 3.8) is 0 Å². The van der Waals surface area contributed by atoms with Crippen molar-refractivity contribution in [1.29, 1.82) is 0 Å². The predicted molar refractivity (Wildman–Crippen MR) is 122 cm³/mol. The summed E-state index contributed by atoms with van der Waals surface area (Å²) in [5.74, 6) is -1.55. The number of morpholine rings is 1. The van der Waals surface area contributed by atoms with Crippen molar-refractivity contribution in [2.24, 2.45) is 0 Å². The topological polar surface area (TPSA) is 117 Å². The fraction of sp³-hybridized carbons (Fsp3) is 0.636. The van der Waals surface area contributed by atoms with E-state index in [0.29, 0.717) is 38.3 Å². The van der Waals surface area contributed by atoms with E-state index in [4.69, 9.17) is 9.47 Å². The van der Waals surface area contributed by atoms with E-state index in [0.717, 1.165) is 31.6 Å². The molecule has 0 radical (unpaired) electrons. The number of ether oxygens (including phenoxy) is 2. The molecular weight excluding hydrogens is 448 g/mol. The van der Waals surface area contributed by atoms with Crippen molar-refractivity contribution in [3.05, 3.63) is 29.3 Å². The molecule has 11 heteroatoms. The molecule has 184 valence electrons. The van der Waals surface area contributed by atoms with Gasteiger partial charge in [-0.05, 0) is 50.4 Å². The Hall–Kier alpha value is -2.05. The molecule has 0 unspecified atom stereocenters. The average Bonchev–Trinajstić information content (AvgIpc) is 2.82. The fourth-order valence-corrected chi connectivity index (χ4v) is 5.76. The average molecular weight is 483 g/mol. The van der Waals surface area contributed by atoms with Gasteiger partial charge in [0.1, 0.15) is 6.23 Å². The molecule has 2 heterocycles. The van der Waals surface area contributed by atoms with Crippen LogP contribution < -0.4 is 10.6 Å². The number of benzene rings is 1. The number of hydrogen-bond acceptors (Lipinski definition) is 7. The predicted octanol–water partition coefficient (Wildman–Crippen LogP) is -0.00476. The highest BCUT2D eigenvalue weighted by atomic mass is 32.2.